The monoisotopic (exact) mass is 457 g/mol. The van der Waals surface area contributed by atoms with E-state index < -0.39 is 0 Å². The number of phenols is 1. The van der Waals surface area contributed by atoms with Crippen molar-refractivity contribution in [1.82, 2.24) is 9.97 Å². The molecule has 9 heteroatoms. The third kappa shape index (κ3) is 4.66. The zero-order valence-corrected chi connectivity index (χ0v) is 18.8. The van der Waals surface area contributed by atoms with E-state index in [1.807, 2.05) is 13.8 Å². The summed E-state index contributed by atoms with van der Waals surface area (Å²) < 4.78 is 5.81. The topological polar surface area (TPSA) is 134 Å². The fourth-order valence-electron chi connectivity index (χ4n) is 4.78. The molecule has 1 aromatic heterocycles. The predicted octanol–water partition coefficient (Wildman–Crippen LogP) is 2.58. The van der Waals surface area contributed by atoms with Gasteiger partial charge in [0, 0.05) is 37.0 Å². The highest BCUT2D eigenvalue weighted by atomic mass is 16.5. The van der Waals surface area contributed by atoms with E-state index in [0.717, 1.165) is 25.9 Å². The highest BCUT2D eigenvalue weighted by molar-refractivity contribution is 5.91. The molecule has 0 radical (unpaired) electrons. The van der Waals surface area contributed by atoms with Gasteiger partial charge >= 0.3 is 0 Å². The van der Waals surface area contributed by atoms with Crippen LogP contribution in [0.1, 0.15) is 45.5 Å². The van der Waals surface area contributed by atoms with Crippen LogP contribution in [-0.4, -0.2) is 57.9 Å². The normalized spacial score (nSPS) is 21.7. The Balaban J connectivity index is 0.00000306. The van der Waals surface area contributed by atoms with Crippen molar-refractivity contribution < 1.29 is 19.7 Å². The second kappa shape index (κ2) is 9.62. The van der Waals surface area contributed by atoms with Crippen molar-refractivity contribution in [2.45, 2.75) is 59.8 Å². The lowest BCUT2D eigenvalue weighted by Crippen LogP contribution is -2.51. The number of ether oxygens (including phenoxy) is 1. The van der Waals surface area contributed by atoms with Crippen LogP contribution in [0.3, 0.4) is 0 Å². The first-order chi connectivity index (χ1) is 15.2. The first kappa shape index (κ1) is 24.9. The van der Waals surface area contributed by atoms with Crippen LogP contribution in [0.25, 0.3) is 11.3 Å². The number of rotatable bonds is 4. The molecule has 4 rings (SSSR count). The van der Waals surface area contributed by atoms with Gasteiger partial charge in [0.25, 0.3) is 0 Å². The molecule has 2 saturated heterocycles. The molecule has 9 nitrogen and oxygen atoms in total. The molecular formula is C24H35N5O4. The maximum atomic E-state index is 11.4. The number of aliphatic hydroxyl groups is 1. The Morgan fingerprint density at radius 1 is 1.33 bits per heavy atom. The molecule has 0 aliphatic carbocycles. The number of hydrogen-bond donors (Lipinski definition) is 4. The van der Waals surface area contributed by atoms with Gasteiger partial charge in [-0.3, -0.25) is 4.79 Å². The molecule has 2 fully saturated rings. The molecular weight excluding hydrogens is 422 g/mol. The molecule has 0 bridgehead atoms. The van der Waals surface area contributed by atoms with Gasteiger partial charge in [0.15, 0.2) is 5.82 Å². The van der Waals surface area contributed by atoms with Crippen LogP contribution in [0.15, 0.2) is 18.2 Å². The summed E-state index contributed by atoms with van der Waals surface area (Å²) >= 11 is 0. The van der Waals surface area contributed by atoms with Crippen molar-refractivity contribution in [3.05, 3.63) is 29.6 Å². The molecule has 5 N–H and O–H groups in total. The lowest BCUT2D eigenvalue weighted by atomic mass is 9.73. The summed E-state index contributed by atoms with van der Waals surface area (Å²) in [5, 5.41) is 22.7. The maximum Gasteiger partial charge on any atom is 0.221 e. The van der Waals surface area contributed by atoms with Crippen molar-refractivity contribution in [2.24, 2.45) is 11.1 Å². The average Bonchev–Trinajstić information content (AvgIpc) is 3.04. The number of nitrogens with one attached hydrogen (secondary N) is 1. The number of nitrogens with two attached hydrogens (primary N) is 1. The number of aryl methyl sites for hydroxylation is 1. The third-order valence-corrected chi connectivity index (χ3v) is 6.76. The quantitative estimate of drug-likeness (QED) is 0.515. The zero-order valence-electron chi connectivity index (χ0n) is 18.8. The van der Waals surface area contributed by atoms with Gasteiger partial charge in [0.1, 0.15) is 11.4 Å². The molecule has 2 aliphatic rings. The van der Waals surface area contributed by atoms with Gasteiger partial charge in [-0.15, -0.1) is 0 Å². The van der Waals surface area contributed by atoms with Crippen molar-refractivity contribution in [3.63, 3.8) is 0 Å². The van der Waals surface area contributed by atoms with Gasteiger partial charge in [-0.1, -0.05) is 7.43 Å². The summed E-state index contributed by atoms with van der Waals surface area (Å²) in [6, 6.07) is 4.91. The Kier molecular flexibility index (Phi) is 7.26. The van der Waals surface area contributed by atoms with E-state index in [1.165, 1.54) is 13.0 Å². The fourth-order valence-corrected chi connectivity index (χ4v) is 4.78. The van der Waals surface area contributed by atoms with Crippen LogP contribution in [0.4, 0.5) is 11.5 Å². The van der Waals surface area contributed by atoms with Crippen LogP contribution in [0.2, 0.25) is 0 Å². The smallest absolute Gasteiger partial charge is 0.221 e. The van der Waals surface area contributed by atoms with E-state index in [-0.39, 0.29) is 43.3 Å². The Bertz CT molecular complexity index is 1020. The Hall–Kier alpha value is -2.75. The number of aromatic nitrogens is 2. The molecule has 33 heavy (non-hydrogen) atoms. The zero-order chi connectivity index (χ0) is 23.0. The van der Waals surface area contributed by atoms with Gasteiger partial charge in [0.05, 0.1) is 36.4 Å². The predicted molar refractivity (Wildman–Crippen MR) is 128 cm³/mol. The summed E-state index contributed by atoms with van der Waals surface area (Å²) in [6.45, 7) is 7.27. The third-order valence-electron chi connectivity index (χ3n) is 6.76. The van der Waals surface area contributed by atoms with E-state index in [1.54, 1.807) is 12.1 Å². The molecule has 180 valence electrons. The number of carbonyl (C=O) groups excluding carboxylic acids is 1. The van der Waals surface area contributed by atoms with Crippen molar-refractivity contribution in [1.29, 1.82) is 0 Å². The van der Waals surface area contributed by atoms with Gasteiger partial charge in [-0.2, -0.15) is 0 Å². The molecule has 0 saturated carbocycles. The fraction of sp³-hybridized carbons (Fsp3) is 0.542. The number of anilines is 2. The second-order valence-electron chi connectivity index (χ2n) is 8.89. The second-order valence-corrected chi connectivity index (χ2v) is 8.89. The van der Waals surface area contributed by atoms with Gasteiger partial charge in [-0.25, -0.2) is 9.97 Å². The average molecular weight is 458 g/mol. The molecule has 0 unspecified atom stereocenters. The lowest BCUT2D eigenvalue weighted by molar-refractivity contribution is -0.114. The number of phenolic OH excluding ortho intramolecular Hbond substituents is 1. The highest BCUT2D eigenvalue weighted by Crippen LogP contribution is 2.42. The number of nitrogens with zero attached hydrogens (tertiary/aromatic N) is 3. The Morgan fingerprint density at radius 2 is 2.03 bits per heavy atom. The van der Waals surface area contributed by atoms with Gasteiger partial charge in [0.2, 0.25) is 5.91 Å². The minimum atomic E-state index is -0.281. The molecule has 1 spiro atoms. The summed E-state index contributed by atoms with van der Waals surface area (Å²) in [5.74, 6) is 0.375. The largest absolute Gasteiger partial charge is 0.506 e. The summed E-state index contributed by atoms with van der Waals surface area (Å²) in [7, 11) is 0. The van der Waals surface area contributed by atoms with E-state index in [9.17, 15) is 15.0 Å². The SMILES string of the molecule is C.CC(=O)Nc1cc(-c2nc(CO)c(N3CCC4(CC3)CO[C@@H](C)[C@H]4N)nc2C)ccc1O. The van der Waals surface area contributed by atoms with Crippen LogP contribution in [0.5, 0.6) is 5.75 Å². The minimum Gasteiger partial charge on any atom is -0.506 e. The summed E-state index contributed by atoms with van der Waals surface area (Å²) in [6.07, 6.45) is 1.89. The minimum absolute atomic E-state index is 0. The van der Waals surface area contributed by atoms with E-state index in [0.29, 0.717) is 40.8 Å². The highest BCUT2D eigenvalue weighted by Gasteiger charge is 2.47. The van der Waals surface area contributed by atoms with E-state index in [2.05, 4.69) is 10.2 Å². The Labute approximate surface area is 195 Å². The van der Waals surface area contributed by atoms with Gasteiger partial charge < -0.3 is 30.9 Å². The summed E-state index contributed by atoms with van der Waals surface area (Å²) in [5.41, 5.74) is 9.23. The first-order valence-corrected chi connectivity index (χ1v) is 11.0. The number of carbonyl (C=O) groups is 1. The van der Waals surface area contributed by atoms with Crippen molar-refractivity contribution in [3.8, 4) is 17.0 Å². The van der Waals surface area contributed by atoms with E-state index >= 15 is 0 Å². The van der Waals surface area contributed by atoms with Crippen LogP contribution < -0.4 is 16.0 Å². The Morgan fingerprint density at radius 3 is 2.61 bits per heavy atom. The number of aliphatic hydroxyl groups excluding tert-OH is 1. The molecule has 3 heterocycles. The van der Waals surface area contributed by atoms with Gasteiger partial charge in [-0.05, 0) is 44.9 Å². The van der Waals surface area contributed by atoms with E-state index in [4.69, 9.17) is 20.4 Å². The standard InChI is InChI=1S/C23H31N5O4.CH4/c1-13-20(16-4-5-19(31)17(10-16)26-15(3)30)27-18(11-29)22(25-13)28-8-6-23(7-9-28)12-32-14(2)21(23)24;/h4-5,10,14,21,29,31H,6-9,11-12,24H2,1-3H3,(H,26,30);1H4/t14-,21+;/m0./s1. The lowest BCUT2D eigenvalue weighted by Gasteiger charge is -2.42. The van der Waals surface area contributed by atoms with Crippen LogP contribution in [0, 0.1) is 12.3 Å². The van der Waals surface area contributed by atoms with Crippen molar-refractivity contribution >= 4 is 17.4 Å². The number of amides is 1. The number of benzene rings is 1. The molecule has 2 atom stereocenters. The molecule has 2 aliphatic heterocycles. The number of piperidine rings is 1. The number of hydrogen-bond acceptors (Lipinski definition) is 8. The molecule has 1 amide bonds. The molecule has 1 aromatic carbocycles. The van der Waals surface area contributed by atoms with Crippen LogP contribution in [-0.2, 0) is 16.1 Å². The maximum absolute atomic E-state index is 11.4. The first-order valence-electron chi connectivity index (χ1n) is 11.0. The van der Waals surface area contributed by atoms with Crippen LogP contribution >= 0.6 is 0 Å². The van der Waals surface area contributed by atoms with Crippen molar-refractivity contribution in [2.75, 3.05) is 29.9 Å². The molecule has 2 aromatic rings. The number of aromatic hydroxyl groups is 1. The summed E-state index contributed by atoms with van der Waals surface area (Å²) in [4.78, 5) is 23.1.